The molecule has 5 rings (SSSR count). The molecule has 28 heavy (non-hydrogen) atoms. The third kappa shape index (κ3) is 2.70. The van der Waals surface area contributed by atoms with E-state index in [0.717, 1.165) is 40.4 Å². The van der Waals surface area contributed by atoms with E-state index >= 15 is 0 Å². The van der Waals surface area contributed by atoms with Gasteiger partial charge < -0.3 is 9.88 Å². The Hall–Kier alpha value is -3.67. The molecule has 0 amide bonds. The summed E-state index contributed by atoms with van der Waals surface area (Å²) in [4.78, 5) is 4.09. The molecule has 0 saturated carbocycles. The molecule has 4 aromatic heterocycles. The zero-order valence-electron chi connectivity index (χ0n) is 15.8. The highest BCUT2D eigenvalue weighted by Gasteiger charge is 2.16. The van der Waals surface area contributed by atoms with Crippen molar-refractivity contribution in [1.82, 2.24) is 24.1 Å². The van der Waals surface area contributed by atoms with Crippen molar-refractivity contribution in [1.29, 1.82) is 0 Å². The topological polar surface area (TPSA) is 60.0 Å². The molecule has 0 bridgehead atoms. The van der Waals surface area contributed by atoms with Crippen molar-refractivity contribution in [2.45, 2.75) is 20.4 Å². The summed E-state index contributed by atoms with van der Waals surface area (Å²) in [5.41, 5.74) is 7.45. The molecule has 1 aromatic carbocycles. The van der Waals surface area contributed by atoms with Crippen molar-refractivity contribution in [3.8, 4) is 0 Å². The molecule has 138 valence electrons. The Balaban J connectivity index is 1.72. The number of aromatic nitrogens is 5. The third-order valence-electron chi connectivity index (χ3n) is 5.06. The van der Waals surface area contributed by atoms with Crippen LogP contribution in [0.2, 0.25) is 0 Å². The lowest BCUT2D eigenvalue weighted by molar-refractivity contribution is 0.805. The number of benzene rings is 1. The van der Waals surface area contributed by atoms with Crippen LogP contribution in [0.4, 0.5) is 11.4 Å². The second-order valence-corrected chi connectivity index (χ2v) is 6.95. The van der Waals surface area contributed by atoms with E-state index < -0.39 is 0 Å². The van der Waals surface area contributed by atoms with Gasteiger partial charge in [-0.2, -0.15) is 0 Å². The maximum atomic E-state index is 4.41. The Morgan fingerprint density at radius 2 is 1.68 bits per heavy atom. The average molecular weight is 368 g/mol. The number of nitrogens with one attached hydrogen (secondary N) is 1. The van der Waals surface area contributed by atoms with Crippen LogP contribution in [0, 0.1) is 13.8 Å². The minimum atomic E-state index is 0.817. The molecule has 5 aromatic rings. The molecule has 0 aliphatic heterocycles. The van der Waals surface area contributed by atoms with E-state index in [4.69, 9.17) is 0 Å². The normalized spacial score (nSPS) is 11.4. The van der Waals surface area contributed by atoms with Crippen LogP contribution in [0.1, 0.15) is 17.1 Å². The maximum absolute atomic E-state index is 4.41. The number of nitrogens with zero attached hydrogens (tertiary/aromatic N) is 5. The van der Waals surface area contributed by atoms with Gasteiger partial charge in [0.15, 0.2) is 5.65 Å². The summed E-state index contributed by atoms with van der Waals surface area (Å²) in [7, 11) is 0. The van der Waals surface area contributed by atoms with E-state index in [1.165, 1.54) is 11.3 Å². The highest BCUT2D eigenvalue weighted by atomic mass is 15.3. The van der Waals surface area contributed by atoms with E-state index in [0.29, 0.717) is 0 Å². The molecule has 1 N–H and O–H groups in total. The smallest absolute Gasteiger partial charge is 0.185 e. The summed E-state index contributed by atoms with van der Waals surface area (Å²) in [6.07, 6.45) is 3.55. The first-order valence-corrected chi connectivity index (χ1v) is 9.26. The summed E-state index contributed by atoms with van der Waals surface area (Å²) < 4.78 is 4.45. The SMILES string of the molecule is Cc1cc2c(cc(Nc3ccncc3)c3nnc(C)n32)n1Cc1ccccc1. The van der Waals surface area contributed by atoms with Gasteiger partial charge in [-0.1, -0.05) is 30.3 Å². The van der Waals surface area contributed by atoms with Crippen LogP contribution in [0.15, 0.2) is 67.0 Å². The van der Waals surface area contributed by atoms with Crippen LogP contribution >= 0.6 is 0 Å². The minimum Gasteiger partial charge on any atom is -0.352 e. The fourth-order valence-corrected chi connectivity index (χ4v) is 3.69. The van der Waals surface area contributed by atoms with Crippen molar-refractivity contribution in [2.24, 2.45) is 0 Å². The Morgan fingerprint density at radius 3 is 2.46 bits per heavy atom. The van der Waals surface area contributed by atoms with Gasteiger partial charge in [-0.15, -0.1) is 10.2 Å². The zero-order valence-corrected chi connectivity index (χ0v) is 15.8. The van der Waals surface area contributed by atoms with E-state index in [-0.39, 0.29) is 0 Å². The van der Waals surface area contributed by atoms with Crippen molar-refractivity contribution in [3.63, 3.8) is 0 Å². The number of anilines is 2. The molecule has 0 spiro atoms. The average Bonchev–Trinajstić information content (AvgIpc) is 3.25. The lowest BCUT2D eigenvalue weighted by Crippen LogP contribution is -2.03. The van der Waals surface area contributed by atoms with Crippen LogP contribution in [-0.2, 0) is 6.54 Å². The largest absolute Gasteiger partial charge is 0.352 e. The molecule has 0 aliphatic rings. The number of fused-ring (bicyclic) bond motifs is 3. The highest BCUT2D eigenvalue weighted by Crippen LogP contribution is 2.30. The number of aryl methyl sites for hydroxylation is 2. The standard InChI is InChI=1S/C22H20N6/c1-15-12-21-20(27(15)14-17-6-4-3-5-7-17)13-19(22-26-25-16(2)28(21)22)24-18-8-10-23-11-9-18/h3-13H,14H2,1-2H3,(H,23,24). The second kappa shape index (κ2) is 6.49. The maximum Gasteiger partial charge on any atom is 0.185 e. The molecular weight excluding hydrogens is 348 g/mol. The first-order chi connectivity index (χ1) is 13.7. The van der Waals surface area contributed by atoms with E-state index in [1.54, 1.807) is 12.4 Å². The Bertz CT molecular complexity index is 1270. The van der Waals surface area contributed by atoms with Crippen molar-refractivity contribution < 1.29 is 0 Å². The van der Waals surface area contributed by atoms with Crippen molar-refractivity contribution in [3.05, 3.63) is 84.1 Å². The first kappa shape index (κ1) is 16.5. The predicted octanol–water partition coefficient (Wildman–Crippen LogP) is 4.49. The lowest BCUT2D eigenvalue weighted by atomic mass is 10.2. The minimum absolute atomic E-state index is 0.817. The van der Waals surface area contributed by atoms with Gasteiger partial charge in [0.25, 0.3) is 0 Å². The molecule has 6 heteroatoms. The fraction of sp³-hybridized carbons (Fsp3) is 0.136. The van der Waals surface area contributed by atoms with Gasteiger partial charge in [0.1, 0.15) is 5.82 Å². The van der Waals surface area contributed by atoms with Gasteiger partial charge >= 0.3 is 0 Å². The Kier molecular flexibility index (Phi) is 3.83. The molecule has 0 fully saturated rings. The van der Waals surface area contributed by atoms with Crippen LogP contribution in [0.25, 0.3) is 16.7 Å². The van der Waals surface area contributed by atoms with Crippen LogP contribution in [-0.4, -0.2) is 24.1 Å². The quantitative estimate of drug-likeness (QED) is 0.508. The van der Waals surface area contributed by atoms with E-state index in [9.17, 15) is 0 Å². The van der Waals surface area contributed by atoms with Crippen molar-refractivity contribution in [2.75, 3.05) is 5.32 Å². The summed E-state index contributed by atoms with van der Waals surface area (Å²) in [5.74, 6) is 0.871. The van der Waals surface area contributed by atoms with Gasteiger partial charge in [-0.3, -0.25) is 9.38 Å². The summed E-state index contributed by atoms with van der Waals surface area (Å²) in [5, 5.41) is 12.2. The van der Waals surface area contributed by atoms with Crippen molar-refractivity contribution >= 4 is 28.1 Å². The number of pyridine rings is 2. The number of hydrogen-bond donors (Lipinski definition) is 1. The molecule has 0 unspecified atom stereocenters. The van der Waals surface area contributed by atoms with Gasteiger partial charge in [-0.05, 0) is 43.7 Å². The number of rotatable bonds is 4. The summed E-state index contributed by atoms with van der Waals surface area (Å²) >= 11 is 0. The van der Waals surface area contributed by atoms with Gasteiger partial charge in [-0.25, -0.2) is 0 Å². The van der Waals surface area contributed by atoms with Gasteiger partial charge in [0.2, 0.25) is 0 Å². The second-order valence-electron chi connectivity index (χ2n) is 6.95. The molecule has 0 radical (unpaired) electrons. The molecule has 0 saturated heterocycles. The molecule has 6 nitrogen and oxygen atoms in total. The van der Waals surface area contributed by atoms with E-state index in [1.807, 2.05) is 25.1 Å². The van der Waals surface area contributed by atoms with Gasteiger partial charge in [0.05, 0.1) is 16.7 Å². The Morgan fingerprint density at radius 1 is 0.893 bits per heavy atom. The molecule has 0 aliphatic carbocycles. The number of hydrogen-bond acceptors (Lipinski definition) is 4. The third-order valence-corrected chi connectivity index (χ3v) is 5.06. The lowest BCUT2D eigenvalue weighted by Gasteiger charge is -2.12. The summed E-state index contributed by atoms with van der Waals surface area (Å²) in [6, 6.07) is 18.8. The van der Waals surface area contributed by atoms with Crippen LogP contribution in [0.3, 0.4) is 0 Å². The fourth-order valence-electron chi connectivity index (χ4n) is 3.69. The van der Waals surface area contributed by atoms with E-state index in [2.05, 4.69) is 72.8 Å². The predicted molar refractivity (Wildman–Crippen MR) is 111 cm³/mol. The summed E-state index contributed by atoms with van der Waals surface area (Å²) in [6.45, 7) is 4.95. The Labute approximate surface area is 162 Å². The monoisotopic (exact) mass is 368 g/mol. The van der Waals surface area contributed by atoms with Crippen LogP contribution < -0.4 is 5.32 Å². The molecule has 0 atom stereocenters. The molecule has 4 heterocycles. The van der Waals surface area contributed by atoms with Crippen LogP contribution in [0.5, 0.6) is 0 Å². The van der Waals surface area contributed by atoms with Gasteiger partial charge in [0, 0.05) is 30.3 Å². The highest BCUT2D eigenvalue weighted by molar-refractivity contribution is 5.89. The zero-order chi connectivity index (χ0) is 19.1. The molecular formula is C22H20N6. The first-order valence-electron chi connectivity index (χ1n) is 9.26.